The molecule has 4 aromatic rings. The van der Waals surface area contributed by atoms with Gasteiger partial charge in [0.1, 0.15) is 5.75 Å². The third kappa shape index (κ3) is 5.62. The maximum atomic E-state index is 6.35. The van der Waals surface area contributed by atoms with E-state index in [1.54, 1.807) is 14.2 Å². The number of rotatable bonds is 9. The van der Waals surface area contributed by atoms with Crippen LogP contribution in [-0.4, -0.2) is 43.8 Å². The van der Waals surface area contributed by atoms with Gasteiger partial charge in [0.2, 0.25) is 0 Å². The van der Waals surface area contributed by atoms with Gasteiger partial charge in [0.25, 0.3) is 0 Å². The van der Waals surface area contributed by atoms with Crippen LogP contribution in [0.1, 0.15) is 43.7 Å². The lowest BCUT2D eigenvalue weighted by atomic mass is 9.95. The molecule has 1 aromatic heterocycles. The highest BCUT2D eigenvalue weighted by molar-refractivity contribution is 5.92. The van der Waals surface area contributed by atoms with Crippen LogP contribution in [-0.2, 0) is 6.54 Å². The highest BCUT2D eigenvalue weighted by Gasteiger charge is 2.21. The summed E-state index contributed by atoms with van der Waals surface area (Å²) in [5.41, 5.74) is 6.01. The number of hydrogen-bond donors (Lipinski definition) is 1. The van der Waals surface area contributed by atoms with E-state index in [1.165, 1.54) is 29.4 Å². The van der Waals surface area contributed by atoms with Crippen LogP contribution in [0.15, 0.2) is 66.7 Å². The van der Waals surface area contributed by atoms with Gasteiger partial charge in [-0.3, -0.25) is 4.90 Å². The van der Waals surface area contributed by atoms with E-state index in [1.807, 2.05) is 12.1 Å². The van der Waals surface area contributed by atoms with E-state index in [0.29, 0.717) is 11.8 Å². The first-order valence-electron chi connectivity index (χ1n) is 13.3. The van der Waals surface area contributed by atoms with Gasteiger partial charge < -0.3 is 19.2 Å². The summed E-state index contributed by atoms with van der Waals surface area (Å²) in [4.78, 5) is 6.21. The molecule has 0 spiro atoms. The smallest absolute Gasteiger partial charge is 0.161 e. The molecule has 1 aliphatic rings. The standard InChI is InChI=1S/C32H38N2O3/c1-22(2)31-27-19-26(37-21-24-14-16-34(17-15-24)20-23-8-6-5-7-9-23)11-12-28(27)33-32(31)25-10-13-29(35-3)30(18-25)36-4/h5-13,18-19,22,24,33H,14-17,20-21H2,1-4H3. The molecule has 0 atom stereocenters. The molecule has 5 nitrogen and oxygen atoms in total. The Bertz CT molecular complexity index is 1320. The summed E-state index contributed by atoms with van der Waals surface area (Å²) < 4.78 is 17.3. The third-order valence-corrected chi connectivity index (χ3v) is 7.50. The number of benzene rings is 3. The first-order chi connectivity index (χ1) is 18.1. The van der Waals surface area contributed by atoms with Crippen LogP contribution < -0.4 is 14.2 Å². The minimum Gasteiger partial charge on any atom is -0.493 e. The molecule has 194 valence electrons. The number of nitrogens with zero attached hydrogens (tertiary/aromatic N) is 1. The maximum absolute atomic E-state index is 6.35. The summed E-state index contributed by atoms with van der Waals surface area (Å²) in [6.45, 7) is 8.55. The number of aromatic amines is 1. The number of likely N-dealkylation sites (tertiary alicyclic amines) is 1. The van der Waals surface area contributed by atoms with Gasteiger partial charge in [0, 0.05) is 23.0 Å². The van der Waals surface area contributed by atoms with Crippen LogP contribution in [0, 0.1) is 5.92 Å². The Hall–Kier alpha value is -3.44. The second kappa shape index (κ2) is 11.3. The number of ether oxygens (including phenoxy) is 3. The third-order valence-electron chi connectivity index (χ3n) is 7.50. The Labute approximate surface area is 220 Å². The molecule has 0 aliphatic carbocycles. The Kier molecular flexibility index (Phi) is 7.71. The van der Waals surface area contributed by atoms with Crippen molar-refractivity contribution in [2.75, 3.05) is 33.9 Å². The van der Waals surface area contributed by atoms with Gasteiger partial charge in [-0.2, -0.15) is 0 Å². The fraction of sp³-hybridized carbons (Fsp3) is 0.375. The van der Waals surface area contributed by atoms with E-state index < -0.39 is 0 Å². The molecule has 2 heterocycles. The lowest BCUT2D eigenvalue weighted by molar-refractivity contribution is 0.137. The highest BCUT2D eigenvalue weighted by Crippen LogP contribution is 2.40. The first kappa shape index (κ1) is 25.2. The van der Waals surface area contributed by atoms with Gasteiger partial charge in [-0.15, -0.1) is 0 Å². The van der Waals surface area contributed by atoms with Crippen LogP contribution in [0.5, 0.6) is 17.2 Å². The molecule has 37 heavy (non-hydrogen) atoms. The molecule has 0 unspecified atom stereocenters. The van der Waals surface area contributed by atoms with E-state index in [9.17, 15) is 0 Å². The van der Waals surface area contributed by atoms with Gasteiger partial charge in [-0.05, 0) is 85.3 Å². The predicted molar refractivity (Wildman–Crippen MR) is 151 cm³/mol. The Morgan fingerprint density at radius 1 is 0.892 bits per heavy atom. The topological polar surface area (TPSA) is 46.7 Å². The molecule has 1 aliphatic heterocycles. The van der Waals surface area contributed by atoms with Crippen molar-refractivity contribution in [3.8, 4) is 28.5 Å². The zero-order valence-electron chi connectivity index (χ0n) is 22.4. The molecule has 1 fully saturated rings. The molecular weight excluding hydrogens is 460 g/mol. The van der Waals surface area contributed by atoms with Crippen molar-refractivity contribution in [2.24, 2.45) is 5.92 Å². The number of fused-ring (bicyclic) bond motifs is 1. The van der Waals surface area contributed by atoms with Gasteiger partial charge >= 0.3 is 0 Å². The van der Waals surface area contributed by atoms with Gasteiger partial charge in [-0.25, -0.2) is 0 Å². The van der Waals surface area contributed by atoms with Crippen molar-refractivity contribution in [1.29, 1.82) is 0 Å². The average Bonchev–Trinajstić information content (AvgIpc) is 3.32. The average molecular weight is 499 g/mol. The predicted octanol–water partition coefficient (Wildman–Crippen LogP) is 7.27. The summed E-state index contributed by atoms with van der Waals surface area (Å²) in [7, 11) is 3.34. The van der Waals surface area contributed by atoms with Crippen LogP contribution in [0.25, 0.3) is 22.2 Å². The SMILES string of the molecule is COc1ccc(-c2[nH]c3ccc(OCC4CCN(Cc5ccccc5)CC4)cc3c2C(C)C)cc1OC. The number of H-pyrrole nitrogens is 1. The molecule has 5 rings (SSSR count). The summed E-state index contributed by atoms with van der Waals surface area (Å²) >= 11 is 0. The van der Waals surface area contributed by atoms with E-state index in [0.717, 1.165) is 60.3 Å². The maximum Gasteiger partial charge on any atom is 0.161 e. The first-order valence-corrected chi connectivity index (χ1v) is 13.3. The van der Waals surface area contributed by atoms with Crippen LogP contribution in [0.3, 0.4) is 0 Å². The van der Waals surface area contributed by atoms with E-state index in [-0.39, 0.29) is 0 Å². The zero-order valence-corrected chi connectivity index (χ0v) is 22.4. The minimum atomic E-state index is 0.348. The molecule has 0 bridgehead atoms. The van der Waals surface area contributed by atoms with Gasteiger partial charge in [-0.1, -0.05) is 44.2 Å². The Balaban J connectivity index is 1.28. The van der Waals surface area contributed by atoms with Crippen LogP contribution in [0.2, 0.25) is 0 Å². The van der Waals surface area contributed by atoms with Crippen molar-refractivity contribution in [2.45, 2.75) is 39.2 Å². The molecule has 3 aromatic carbocycles. The normalized spacial score (nSPS) is 14.8. The lowest BCUT2D eigenvalue weighted by Gasteiger charge is -2.31. The molecule has 0 radical (unpaired) electrons. The fourth-order valence-electron chi connectivity index (χ4n) is 5.47. The minimum absolute atomic E-state index is 0.348. The summed E-state index contributed by atoms with van der Waals surface area (Å²) in [5.74, 6) is 3.35. The molecule has 1 N–H and O–H groups in total. The monoisotopic (exact) mass is 498 g/mol. The van der Waals surface area contributed by atoms with Gasteiger partial charge in [0.05, 0.1) is 26.5 Å². The van der Waals surface area contributed by atoms with Crippen molar-refractivity contribution in [1.82, 2.24) is 9.88 Å². The van der Waals surface area contributed by atoms with Crippen molar-refractivity contribution in [3.63, 3.8) is 0 Å². The number of methoxy groups -OCH3 is 2. The summed E-state index contributed by atoms with van der Waals surface area (Å²) in [6, 6.07) is 23.3. The highest BCUT2D eigenvalue weighted by atomic mass is 16.5. The summed E-state index contributed by atoms with van der Waals surface area (Å²) in [6.07, 6.45) is 2.36. The second-order valence-electron chi connectivity index (χ2n) is 10.4. The second-order valence-corrected chi connectivity index (χ2v) is 10.4. The number of aromatic nitrogens is 1. The van der Waals surface area contributed by atoms with E-state index >= 15 is 0 Å². The summed E-state index contributed by atoms with van der Waals surface area (Å²) in [5, 5.41) is 1.22. The number of hydrogen-bond acceptors (Lipinski definition) is 4. The van der Waals surface area contributed by atoms with Gasteiger partial charge in [0.15, 0.2) is 11.5 Å². The Morgan fingerprint density at radius 2 is 1.65 bits per heavy atom. The molecule has 0 amide bonds. The van der Waals surface area contributed by atoms with Crippen LogP contribution in [0.4, 0.5) is 0 Å². The quantitative estimate of drug-likeness (QED) is 0.264. The van der Waals surface area contributed by atoms with Crippen LogP contribution >= 0.6 is 0 Å². The molecular formula is C32H38N2O3. The molecule has 0 saturated carbocycles. The van der Waals surface area contributed by atoms with Crippen molar-refractivity contribution >= 4 is 10.9 Å². The van der Waals surface area contributed by atoms with E-state index in [4.69, 9.17) is 14.2 Å². The largest absolute Gasteiger partial charge is 0.493 e. The fourth-order valence-corrected chi connectivity index (χ4v) is 5.47. The lowest BCUT2D eigenvalue weighted by Crippen LogP contribution is -2.35. The van der Waals surface area contributed by atoms with Crippen molar-refractivity contribution in [3.05, 3.63) is 77.9 Å². The van der Waals surface area contributed by atoms with E-state index in [2.05, 4.69) is 78.3 Å². The zero-order chi connectivity index (χ0) is 25.8. The van der Waals surface area contributed by atoms with Crippen molar-refractivity contribution < 1.29 is 14.2 Å². The number of piperidine rings is 1. The molecule has 5 heteroatoms. The number of nitrogens with one attached hydrogen (secondary N) is 1. The Morgan fingerprint density at radius 3 is 2.35 bits per heavy atom. The molecule has 1 saturated heterocycles.